The minimum Gasteiger partial charge on any atom is -0.298 e. The van der Waals surface area contributed by atoms with E-state index in [4.69, 9.17) is 5.84 Å². The first-order valence-corrected chi connectivity index (χ1v) is 7.78. The van der Waals surface area contributed by atoms with Gasteiger partial charge < -0.3 is 0 Å². The molecule has 3 N–H and O–H groups in total. The second-order valence-electron chi connectivity index (χ2n) is 6.22. The number of rotatable bonds is 4. The fourth-order valence-electron chi connectivity index (χ4n) is 2.97. The van der Waals surface area contributed by atoms with Gasteiger partial charge in [0.25, 0.3) is 5.91 Å². The van der Waals surface area contributed by atoms with Crippen molar-refractivity contribution in [2.45, 2.75) is 39.7 Å². The number of hydrogen-bond acceptors (Lipinski definition) is 4. The van der Waals surface area contributed by atoms with Crippen LogP contribution in [0.5, 0.6) is 0 Å². The van der Waals surface area contributed by atoms with E-state index < -0.39 is 0 Å². The van der Waals surface area contributed by atoms with Crippen LogP contribution in [-0.2, 0) is 6.54 Å². The van der Waals surface area contributed by atoms with Crippen molar-refractivity contribution >= 4 is 5.91 Å². The van der Waals surface area contributed by atoms with E-state index in [1.165, 1.54) is 19.3 Å². The predicted molar refractivity (Wildman–Crippen MR) is 83.3 cm³/mol. The van der Waals surface area contributed by atoms with Crippen LogP contribution in [0.15, 0.2) is 18.3 Å². The highest BCUT2D eigenvalue weighted by Crippen LogP contribution is 2.25. The van der Waals surface area contributed by atoms with E-state index in [2.05, 4.69) is 29.2 Å². The smallest absolute Gasteiger partial charge is 0.266 e. The average Bonchev–Trinajstić information content (AvgIpc) is 2.73. The largest absolute Gasteiger partial charge is 0.298 e. The summed E-state index contributed by atoms with van der Waals surface area (Å²) in [6, 6.07) is 3.69. The van der Waals surface area contributed by atoms with Crippen LogP contribution in [0, 0.1) is 11.8 Å². The van der Waals surface area contributed by atoms with E-state index in [1.54, 1.807) is 12.3 Å². The molecule has 1 fully saturated rings. The number of nitrogens with zero attached hydrogens (tertiary/aromatic N) is 2. The second kappa shape index (κ2) is 7.52. The van der Waals surface area contributed by atoms with Crippen LogP contribution in [0.3, 0.4) is 0 Å². The highest BCUT2D eigenvalue weighted by atomic mass is 16.2. The zero-order chi connectivity index (χ0) is 15.2. The maximum atomic E-state index is 11.4. The molecular formula is C16H26N4O. The van der Waals surface area contributed by atoms with E-state index in [0.29, 0.717) is 5.56 Å². The van der Waals surface area contributed by atoms with Gasteiger partial charge in [0, 0.05) is 12.7 Å². The van der Waals surface area contributed by atoms with Crippen LogP contribution >= 0.6 is 0 Å². The Bertz CT molecular complexity index is 458. The quantitative estimate of drug-likeness (QED) is 0.505. The van der Waals surface area contributed by atoms with Crippen LogP contribution in [0.4, 0.5) is 0 Å². The van der Waals surface area contributed by atoms with E-state index in [1.807, 2.05) is 6.07 Å². The Morgan fingerprint density at radius 2 is 2.24 bits per heavy atom. The third-order valence-corrected chi connectivity index (χ3v) is 4.41. The molecule has 1 saturated heterocycles. The fraction of sp³-hybridized carbons (Fsp3) is 0.625. The minimum absolute atomic E-state index is 0.302. The van der Waals surface area contributed by atoms with Gasteiger partial charge in [-0.1, -0.05) is 13.8 Å². The van der Waals surface area contributed by atoms with Crippen molar-refractivity contribution in [2.75, 3.05) is 13.1 Å². The van der Waals surface area contributed by atoms with E-state index >= 15 is 0 Å². The summed E-state index contributed by atoms with van der Waals surface area (Å²) in [5.74, 6) is 6.43. The van der Waals surface area contributed by atoms with Crippen LogP contribution in [0.25, 0.3) is 0 Å². The lowest BCUT2D eigenvalue weighted by Crippen LogP contribution is -2.30. The van der Waals surface area contributed by atoms with Crippen LogP contribution in [0.2, 0.25) is 0 Å². The first-order chi connectivity index (χ1) is 10.1. The molecule has 0 bridgehead atoms. The van der Waals surface area contributed by atoms with Gasteiger partial charge in [0.2, 0.25) is 0 Å². The van der Waals surface area contributed by atoms with Crippen molar-refractivity contribution in [2.24, 2.45) is 17.7 Å². The molecule has 1 aliphatic rings. The van der Waals surface area contributed by atoms with Crippen molar-refractivity contribution in [3.63, 3.8) is 0 Å². The van der Waals surface area contributed by atoms with Crippen molar-refractivity contribution < 1.29 is 4.79 Å². The molecule has 21 heavy (non-hydrogen) atoms. The highest BCUT2D eigenvalue weighted by Gasteiger charge is 2.19. The molecular weight excluding hydrogens is 264 g/mol. The molecule has 1 unspecified atom stereocenters. The highest BCUT2D eigenvalue weighted by molar-refractivity contribution is 5.93. The number of hydrogen-bond donors (Lipinski definition) is 2. The van der Waals surface area contributed by atoms with Crippen molar-refractivity contribution in [3.8, 4) is 0 Å². The summed E-state index contributed by atoms with van der Waals surface area (Å²) in [6.45, 7) is 7.77. The molecule has 2 rings (SSSR count). The van der Waals surface area contributed by atoms with Gasteiger partial charge in [0.05, 0.1) is 11.3 Å². The third-order valence-electron chi connectivity index (χ3n) is 4.41. The Labute approximate surface area is 126 Å². The van der Waals surface area contributed by atoms with E-state index in [9.17, 15) is 4.79 Å². The Morgan fingerprint density at radius 3 is 2.86 bits per heavy atom. The molecule has 0 aromatic carbocycles. The van der Waals surface area contributed by atoms with Crippen LogP contribution in [-0.4, -0.2) is 28.9 Å². The van der Waals surface area contributed by atoms with Crippen LogP contribution in [0.1, 0.15) is 49.2 Å². The molecule has 0 aliphatic carbocycles. The van der Waals surface area contributed by atoms with E-state index in [0.717, 1.165) is 37.2 Å². The van der Waals surface area contributed by atoms with Gasteiger partial charge in [0.15, 0.2) is 0 Å². The maximum Gasteiger partial charge on any atom is 0.266 e. The van der Waals surface area contributed by atoms with Crippen molar-refractivity contribution in [3.05, 3.63) is 29.6 Å². The first kappa shape index (κ1) is 15.9. The number of hydrazine groups is 1. The Hall–Kier alpha value is -1.46. The predicted octanol–water partition coefficient (Wildman–Crippen LogP) is 1.94. The molecule has 116 valence electrons. The summed E-state index contributed by atoms with van der Waals surface area (Å²) in [5, 5.41) is 0. The zero-order valence-corrected chi connectivity index (χ0v) is 13.0. The molecule has 5 heteroatoms. The summed E-state index contributed by atoms with van der Waals surface area (Å²) >= 11 is 0. The van der Waals surface area contributed by atoms with Gasteiger partial charge in [-0.15, -0.1) is 0 Å². The monoisotopic (exact) mass is 290 g/mol. The zero-order valence-electron chi connectivity index (χ0n) is 13.0. The number of pyridine rings is 1. The number of likely N-dealkylation sites (tertiary alicyclic amines) is 1. The number of aromatic nitrogens is 1. The number of carbonyl (C=O) groups is 1. The molecule has 0 spiro atoms. The van der Waals surface area contributed by atoms with E-state index in [-0.39, 0.29) is 5.91 Å². The lowest BCUT2D eigenvalue weighted by atomic mass is 9.89. The normalized spacial score (nSPS) is 20.3. The molecule has 1 atom stereocenters. The summed E-state index contributed by atoms with van der Waals surface area (Å²) in [5.41, 5.74) is 3.62. The van der Waals surface area contributed by atoms with Crippen molar-refractivity contribution in [1.82, 2.24) is 15.3 Å². The summed E-state index contributed by atoms with van der Waals surface area (Å²) < 4.78 is 0. The van der Waals surface area contributed by atoms with Gasteiger partial charge >= 0.3 is 0 Å². The topological polar surface area (TPSA) is 71.2 Å². The Balaban J connectivity index is 1.91. The Morgan fingerprint density at radius 1 is 1.43 bits per heavy atom. The SMILES string of the molecule is CC(C)C1CCCN(Cc2ccc(C(=O)NN)cn2)CC1. The summed E-state index contributed by atoms with van der Waals surface area (Å²) in [4.78, 5) is 18.2. The van der Waals surface area contributed by atoms with Gasteiger partial charge in [-0.2, -0.15) is 0 Å². The molecule has 1 aromatic heterocycles. The number of nitrogens with two attached hydrogens (primary N) is 1. The lowest BCUT2D eigenvalue weighted by molar-refractivity contribution is 0.0953. The van der Waals surface area contributed by atoms with Crippen LogP contribution < -0.4 is 11.3 Å². The summed E-state index contributed by atoms with van der Waals surface area (Å²) in [7, 11) is 0. The fourth-order valence-corrected chi connectivity index (χ4v) is 2.97. The molecule has 1 aliphatic heterocycles. The number of nitrogen functional groups attached to an aromatic ring is 1. The molecule has 1 amide bonds. The minimum atomic E-state index is -0.302. The number of amides is 1. The van der Waals surface area contributed by atoms with Gasteiger partial charge in [-0.25, -0.2) is 5.84 Å². The number of nitrogens with one attached hydrogen (secondary N) is 1. The number of carbonyl (C=O) groups excluding carboxylic acids is 1. The average molecular weight is 290 g/mol. The maximum absolute atomic E-state index is 11.4. The standard InChI is InChI=1S/C16H26N4O/c1-12(2)13-4-3-8-20(9-7-13)11-15-6-5-14(10-18-15)16(21)19-17/h5-6,10,12-13H,3-4,7-9,11,17H2,1-2H3,(H,19,21). The second-order valence-corrected chi connectivity index (χ2v) is 6.22. The molecule has 5 nitrogen and oxygen atoms in total. The first-order valence-electron chi connectivity index (χ1n) is 7.78. The third kappa shape index (κ3) is 4.51. The summed E-state index contributed by atoms with van der Waals surface area (Å²) in [6.07, 6.45) is 5.45. The Kier molecular flexibility index (Phi) is 5.70. The molecule has 1 aromatic rings. The molecule has 0 radical (unpaired) electrons. The lowest BCUT2D eigenvalue weighted by Gasteiger charge is -2.21. The molecule has 2 heterocycles. The van der Waals surface area contributed by atoms with Crippen molar-refractivity contribution in [1.29, 1.82) is 0 Å². The van der Waals surface area contributed by atoms with Gasteiger partial charge in [0.1, 0.15) is 0 Å². The van der Waals surface area contributed by atoms with Gasteiger partial charge in [-0.05, 0) is 56.3 Å². The molecule has 0 saturated carbocycles. The van der Waals surface area contributed by atoms with Gasteiger partial charge in [-0.3, -0.25) is 20.1 Å².